The lowest BCUT2D eigenvalue weighted by Crippen LogP contribution is -2.51. The zero-order valence-corrected chi connectivity index (χ0v) is 22.8. The van der Waals surface area contributed by atoms with Crippen LogP contribution in [-0.4, -0.2) is 56.5 Å². The smallest absolute Gasteiger partial charge is 0.321 e. The number of nitrogens with zero attached hydrogens (tertiary/aromatic N) is 6. The molecule has 1 aliphatic heterocycles. The van der Waals surface area contributed by atoms with Gasteiger partial charge in [0.1, 0.15) is 0 Å². The van der Waals surface area contributed by atoms with E-state index in [1.54, 1.807) is 24.3 Å². The molecule has 2 aliphatic rings. The number of piperazine rings is 1. The molecule has 0 bridgehead atoms. The first-order chi connectivity index (χ1) is 19.5. The van der Waals surface area contributed by atoms with E-state index in [2.05, 4.69) is 45.5 Å². The first kappa shape index (κ1) is 25.8. The predicted octanol–water partition coefficient (Wildman–Crippen LogP) is 5.38. The molecule has 1 saturated heterocycles. The van der Waals surface area contributed by atoms with Crippen molar-refractivity contribution in [1.29, 1.82) is 5.26 Å². The molecule has 1 N–H and O–H groups in total. The highest BCUT2D eigenvalue weighted by Gasteiger charge is 2.33. The molecule has 1 aliphatic carbocycles. The molecular weight excluding hydrogens is 522 g/mol. The fourth-order valence-corrected chi connectivity index (χ4v) is 5.69. The van der Waals surface area contributed by atoms with Crippen LogP contribution in [-0.2, 0) is 13.5 Å². The van der Waals surface area contributed by atoms with Gasteiger partial charge < -0.3 is 14.8 Å². The largest absolute Gasteiger partial charge is 0.337 e. The number of halogens is 1. The molecule has 0 radical (unpaired) electrons. The van der Waals surface area contributed by atoms with Gasteiger partial charge in [0, 0.05) is 68.4 Å². The van der Waals surface area contributed by atoms with Gasteiger partial charge in [0.25, 0.3) is 0 Å². The quantitative estimate of drug-likeness (QED) is 0.369. The minimum Gasteiger partial charge on any atom is -0.337 e. The number of benzene rings is 2. The molecule has 2 aromatic carbocycles. The van der Waals surface area contributed by atoms with Gasteiger partial charge in [0.15, 0.2) is 0 Å². The van der Waals surface area contributed by atoms with Crippen LogP contribution in [0.4, 0.5) is 10.5 Å². The molecule has 3 heterocycles. The lowest BCUT2D eigenvalue weighted by molar-refractivity contribution is 0.125. The monoisotopic (exact) mass is 549 g/mol. The normalized spacial score (nSPS) is 16.8. The van der Waals surface area contributed by atoms with Gasteiger partial charge in [-0.15, -0.1) is 0 Å². The third-order valence-corrected chi connectivity index (χ3v) is 7.87. The maximum atomic E-state index is 13.0. The summed E-state index contributed by atoms with van der Waals surface area (Å²) in [5, 5.41) is 12.7. The van der Waals surface area contributed by atoms with Crippen molar-refractivity contribution in [2.24, 2.45) is 7.05 Å². The maximum absolute atomic E-state index is 13.0. The van der Waals surface area contributed by atoms with Gasteiger partial charge in [-0.05, 0) is 70.8 Å². The number of fused-ring (bicyclic) bond motifs is 2. The van der Waals surface area contributed by atoms with E-state index in [9.17, 15) is 4.79 Å². The Balaban J connectivity index is 1.27. The van der Waals surface area contributed by atoms with Crippen molar-refractivity contribution in [2.75, 3.05) is 31.5 Å². The highest BCUT2D eigenvalue weighted by molar-refractivity contribution is 6.30. The van der Waals surface area contributed by atoms with Crippen molar-refractivity contribution in [3.05, 3.63) is 112 Å². The van der Waals surface area contributed by atoms with Crippen LogP contribution in [0.3, 0.4) is 0 Å². The Morgan fingerprint density at radius 2 is 1.93 bits per heavy atom. The van der Waals surface area contributed by atoms with Gasteiger partial charge in [-0.2, -0.15) is 5.26 Å². The minimum absolute atomic E-state index is 0.0764. The Morgan fingerprint density at radius 3 is 2.65 bits per heavy atom. The van der Waals surface area contributed by atoms with E-state index in [0.717, 1.165) is 28.1 Å². The number of hydrogen-bond acceptors (Lipinski definition) is 5. The highest BCUT2D eigenvalue weighted by atomic mass is 35.5. The predicted molar refractivity (Wildman–Crippen MR) is 156 cm³/mol. The van der Waals surface area contributed by atoms with Crippen LogP contribution >= 0.6 is 11.6 Å². The van der Waals surface area contributed by atoms with Crippen molar-refractivity contribution in [3.63, 3.8) is 0 Å². The van der Waals surface area contributed by atoms with Gasteiger partial charge >= 0.3 is 6.03 Å². The van der Waals surface area contributed by atoms with Crippen LogP contribution < -0.4 is 5.32 Å². The van der Waals surface area contributed by atoms with Gasteiger partial charge in [-0.1, -0.05) is 23.7 Å². The standard InChI is InChI=1S/C31H28ClN7O/c1-37-20-34-19-26(37)16-23-15-22-3-2-10-35-29(22)30(27-9-6-24(32)17-28(23)27)38-11-13-39(14-12-38)31(40)36-25-7-4-21(18-33)5-8-25/h2-10,15,17,19-20,30H,11-14,16H2,1H3,(H,36,40)/t30-/m1/s1. The molecule has 0 unspecified atom stereocenters. The third kappa shape index (κ3) is 5.09. The number of amides is 2. The number of urea groups is 1. The average molecular weight is 550 g/mol. The van der Waals surface area contributed by atoms with E-state index in [0.29, 0.717) is 48.9 Å². The lowest BCUT2D eigenvalue weighted by atomic mass is 9.92. The van der Waals surface area contributed by atoms with E-state index >= 15 is 0 Å². The van der Waals surface area contributed by atoms with Gasteiger partial charge in [0.2, 0.25) is 0 Å². The number of carbonyl (C=O) groups is 1. The number of anilines is 1. The molecule has 2 amide bonds. The van der Waals surface area contributed by atoms with E-state index in [1.165, 1.54) is 5.57 Å². The number of imidazole rings is 1. The van der Waals surface area contributed by atoms with Crippen molar-refractivity contribution in [2.45, 2.75) is 12.5 Å². The summed E-state index contributed by atoms with van der Waals surface area (Å²) in [6.45, 7) is 2.55. The number of nitrogens with one attached hydrogen (secondary N) is 1. The molecule has 9 heteroatoms. The number of aryl methyl sites for hydroxylation is 1. The Hall–Kier alpha value is -4.45. The molecular formula is C31H28ClN7O. The van der Waals surface area contributed by atoms with Gasteiger partial charge in [-0.3, -0.25) is 9.88 Å². The summed E-state index contributed by atoms with van der Waals surface area (Å²) in [6, 6.07) is 19.0. The van der Waals surface area contributed by atoms with Crippen molar-refractivity contribution in [3.8, 4) is 6.07 Å². The number of carbonyl (C=O) groups excluding carboxylic acids is 1. The zero-order chi connectivity index (χ0) is 27.6. The Bertz CT molecular complexity index is 1630. The van der Waals surface area contributed by atoms with E-state index < -0.39 is 0 Å². The van der Waals surface area contributed by atoms with Gasteiger partial charge in [-0.25, -0.2) is 9.78 Å². The first-order valence-electron chi connectivity index (χ1n) is 13.2. The van der Waals surface area contributed by atoms with Crippen LogP contribution in [0, 0.1) is 11.3 Å². The summed E-state index contributed by atoms with van der Waals surface area (Å²) in [6.07, 6.45) is 8.52. The fourth-order valence-electron chi connectivity index (χ4n) is 5.52. The fraction of sp³-hybridized carbons (Fsp3) is 0.226. The molecule has 8 nitrogen and oxygen atoms in total. The molecule has 4 aromatic rings. The summed E-state index contributed by atoms with van der Waals surface area (Å²) in [5.74, 6) is 0. The summed E-state index contributed by atoms with van der Waals surface area (Å²) in [7, 11) is 2.01. The number of pyridine rings is 1. The van der Waals surface area contributed by atoms with Crippen LogP contribution in [0.2, 0.25) is 5.02 Å². The lowest BCUT2D eigenvalue weighted by Gasteiger charge is -2.39. The Morgan fingerprint density at radius 1 is 1.12 bits per heavy atom. The highest BCUT2D eigenvalue weighted by Crippen LogP contribution is 2.41. The molecule has 6 rings (SSSR count). The van der Waals surface area contributed by atoms with Crippen molar-refractivity contribution < 1.29 is 4.79 Å². The summed E-state index contributed by atoms with van der Waals surface area (Å²) in [5.41, 5.74) is 7.86. The van der Waals surface area contributed by atoms with Crippen LogP contribution in [0.5, 0.6) is 0 Å². The van der Waals surface area contributed by atoms with E-state index in [4.69, 9.17) is 21.8 Å². The summed E-state index contributed by atoms with van der Waals surface area (Å²) >= 11 is 6.55. The summed E-state index contributed by atoms with van der Waals surface area (Å²) in [4.78, 5) is 26.4. The second-order valence-corrected chi connectivity index (χ2v) is 10.5. The molecule has 40 heavy (non-hydrogen) atoms. The summed E-state index contributed by atoms with van der Waals surface area (Å²) < 4.78 is 2.04. The SMILES string of the molecule is Cn1cncc1CC1=Cc2cccnc2[C@H](N2CCN(C(=O)Nc3ccc(C#N)cc3)CC2)c2ccc(Cl)cc21. The second-order valence-electron chi connectivity index (χ2n) is 10.1. The molecule has 1 fully saturated rings. The molecule has 2 aromatic heterocycles. The molecule has 0 spiro atoms. The zero-order valence-electron chi connectivity index (χ0n) is 22.1. The number of aromatic nitrogens is 3. The average Bonchev–Trinajstić information content (AvgIpc) is 3.33. The van der Waals surface area contributed by atoms with Crippen LogP contribution in [0.25, 0.3) is 11.6 Å². The third-order valence-electron chi connectivity index (χ3n) is 7.64. The van der Waals surface area contributed by atoms with Gasteiger partial charge in [0.05, 0.1) is 29.7 Å². The van der Waals surface area contributed by atoms with Crippen molar-refractivity contribution in [1.82, 2.24) is 24.3 Å². The Labute approximate surface area is 238 Å². The number of hydrogen-bond donors (Lipinski definition) is 1. The number of allylic oxidation sites excluding steroid dienone is 1. The number of nitriles is 1. The molecule has 0 saturated carbocycles. The first-order valence-corrected chi connectivity index (χ1v) is 13.6. The van der Waals surface area contributed by atoms with Crippen molar-refractivity contribution >= 4 is 35.0 Å². The second kappa shape index (κ2) is 11.0. The Kier molecular flexibility index (Phi) is 7.08. The van der Waals surface area contributed by atoms with E-state index in [1.807, 2.05) is 47.4 Å². The minimum atomic E-state index is -0.143. The molecule has 1 atom stereocenters. The number of rotatable bonds is 4. The topological polar surface area (TPSA) is 90.1 Å². The maximum Gasteiger partial charge on any atom is 0.321 e. The van der Waals surface area contributed by atoms with Crippen LogP contribution in [0.1, 0.15) is 39.7 Å². The van der Waals surface area contributed by atoms with E-state index in [-0.39, 0.29) is 12.1 Å². The van der Waals surface area contributed by atoms with Crippen LogP contribution in [0.15, 0.2) is 73.3 Å². The molecule has 200 valence electrons.